The van der Waals surface area contributed by atoms with Gasteiger partial charge in [-0.1, -0.05) is 23.6 Å². The molecule has 0 aliphatic carbocycles. The summed E-state index contributed by atoms with van der Waals surface area (Å²) in [6.45, 7) is 4.53. The van der Waals surface area contributed by atoms with Crippen molar-refractivity contribution in [1.82, 2.24) is 9.29 Å². The van der Waals surface area contributed by atoms with Crippen LogP contribution in [0.5, 0.6) is 11.5 Å². The van der Waals surface area contributed by atoms with Crippen molar-refractivity contribution < 1.29 is 39.6 Å². The lowest BCUT2D eigenvalue weighted by molar-refractivity contribution is -0.441. The van der Waals surface area contributed by atoms with Crippen LogP contribution in [0.3, 0.4) is 0 Å². The molecule has 1 aliphatic rings. The number of hydrogen-bond acceptors (Lipinski definition) is 7. The Kier molecular flexibility index (Phi) is 9.75. The molecule has 8 nitrogen and oxygen atoms in total. The molecule has 0 N–H and O–H groups in total. The van der Waals surface area contributed by atoms with Crippen molar-refractivity contribution in [1.29, 1.82) is 0 Å². The van der Waals surface area contributed by atoms with E-state index < -0.39 is 10.0 Å². The molecular weight excluding hydrogens is 624 g/mol. The number of sulfonamides is 1. The van der Waals surface area contributed by atoms with E-state index in [2.05, 4.69) is 0 Å². The Balaban J connectivity index is 0.00000387. The number of ether oxygens (including phenoxy) is 2. The molecule has 41 heavy (non-hydrogen) atoms. The van der Waals surface area contributed by atoms with Crippen molar-refractivity contribution in [2.45, 2.75) is 25.2 Å². The second-order valence-corrected chi connectivity index (χ2v) is 11.8. The van der Waals surface area contributed by atoms with Crippen molar-refractivity contribution in [3.05, 3.63) is 89.3 Å². The average Bonchev–Trinajstić information content (AvgIpc) is 3.66. The summed E-state index contributed by atoms with van der Waals surface area (Å²) < 4.78 is 39.8. The van der Waals surface area contributed by atoms with Gasteiger partial charge in [0.05, 0.1) is 36.6 Å². The Morgan fingerprint density at radius 1 is 0.829 bits per heavy atom. The van der Waals surface area contributed by atoms with Crippen LogP contribution in [-0.2, 0) is 10.0 Å². The summed E-state index contributed by atoms with van der Waals surface area (Å²) in [5, 5.41) is 7.67. The fraction of sp³-hybridized carbons (Fsp3) is 0.233. The molecular formula is C30H31BrN4O4S2. The minimum absolute atomic E-state index is 0. The number of rotatable bonds is 10. The molecule has 3 aromatic carbocycles. The van der Waals surface area contributed by atoms with Crippen molar-refractivity contribution in [2.75, 3.05) is 27.3 Å². The van der Waals surface area contributed by atoms with Crippen LogP contribution in [0.25, 0.3) is 11.3 Å². The first-order valence-electron chi connectivity index (χ1n) is 13.0. The van der Waals surface area contributed by atoms with E-state index in [1.807, 2.05) is 72.4 Å². The fourth-order valence-corrected chi connectivity index (χ4v) is 6.83. The Morgan fingerprint density at radius 2 is 1.37 bits per heavy atom. The van der Waals surface area contributed by atoms with Crippen LogP contribution >= 0.6 is 11.3 Å². The van der Waals surface area contributed by atoms with Gasteiger partial charge in [-0.05, 0) is 89.1 Å². The summed E-state index contributed by atoms with van der Waals surface area (Å²) in [6, 6.07) is 22.7. The highest BCUT2D eigenvalue weighted by Crippen LogP contribution is 2.31. The Hall–Kier alpha value is -3.38. The van der Waals surface area contributed by atoms with Crippen LogP contribution in [0.1, 0.15) is 31.4 Å². The molecule has 0 fully saturated rings. The van der Waals surface area contributed by atoms with E-state index in [0.29, 0.717) is 19.5 Å². The van der Waals surface area contributed by atoms with Crippen molar-refractivity contribution in [2.24, 2.45) is 5.10 Å². The first kappa shape index (κ1) is 30.6. The summed E-state index contributed by atoms with van der Waals surface area (Å²) in [4.78, 5) is 5.18. The van der Waals surface area contributed by atoms with E-state index in [1.54, 1.807) is 38.5 Å². The van der Waals surface area contributed by atoms with Crippen LogP contribution in [0, 0.1) is 0 Å². The maximum atomic E-state index is 12.9. The summed E-state index contributed by atoms with van der Waals surface area (Å²) in [7, 11) is -0.218. The third-order valence-corrected chi connectivity index (χ3v) is 9.70. The maximum Gasteiger partial charge on any atom is 0.408 e. The van der Waals surface area contributed by atoms with E-state index in [0.717, 1.165) is 50.4 Å². The second kappa shape index (κ2) is 13.1. The van der Waals surface area contributed by atoms with Crippen LogP contribution in [-0.4, -0.2) is 61.1 Å². The summed E-state index contributed by atoms with van der Waals surface area (Å²) in [5.41, 5.74) is 5.57. The molecule has 0 atom stereocenters. The van der Waals surface area contributed by atoms with Crippen LogP contribution in [0.2, 0.25) is 0 Å². The lowest BCUT2D eigenvalue weighted by atomic mass is 10.0. The molecule has 1 aromatic heterocycles. The first-order valence-corrected chi connectivity index (χ1v) is 15.3. The third kappa shape index (κ3) is 6.28. The molecule has 0 saturated carbocycles. The molecule has 4 aromatic rings. The standard InChI is InChI=1S/C30H31N4O4S2.BrH/c1-5-33(6-2)40(35,36)26-17-11-22(12-18-26)28-20-39-30(31-28)34-29(23-9-15-25(38-4)16-10-23)19-27(32-34)21-7-13-24(37-3)14-8-21;/h7-18,20H,5-6,19H2,1-4H3;1H/q+1;/p-1. The fourth-order valence-electron chi connectivity index (χ4n) is 4.56. The van der Waals surface area contributed by atoms with E-state index in [9.17, 15) is 8.42 Å². The zero-order valence-corrected chi connectivity index (χ0v) is 26.5. The van der Waals surface area contributed by atoms with Gasteiger partial charge in [0.1, 0.15) is 17.2 Å². The highest BCUT2D eigenvalue weighted by molar-refractivity contribution is 7.89. The lowest BCUT2D eigenvalue weighted by Gasteiger charge is -2.18. The molecule has 0 bridgehead atoms. The monoisotopic (exact) mass is 654 g/mol. The summed E-state index contributed by atoms with van der Waals surface area (Å²) >= 11 is 1.49. The van der Waals surface area contributed by atoms with Gasteiger partial charge in [0, 0.05) is 29.8 Å². The zero-order chi connectivity index (χ0) is 28.3. The molecule has 214 valence electrons. The highest BCUT2D eigenvalue weighted by atomic mass is 79.9. The topological polar surface area (TPSA) is 84.1 Å². The predicted molar refractivity (Wildman–Crippen MR) is 159 cm³/mol. The molecule has 5 rings (SSSR count). The third-order valence-electron chi connectivity index (χ3n) is 6.82. The van der Waals surface area contributed by atoms with Gasteiger partial charge >= 0.3 is 5.13 Å². The molecule has 1 aliphatic heterocycles. The normalized spacial score (nSPS) is 13.2. The van der Waals surface area contributed by atoms with Crippen molar-refractivity contribution in [3.63, 3.8) is 0 Å². The van der Waals surface area contributed by atoms with Crippen LogP contribution in [0.15, 0.2) is 88.2 Å². The number of benzene rings is 3. The molecule has 2 heterocycles. The Morgan fingerprint density at radius 3 is 1.90 bits per heavy atom. The minimum Gasteiger partial charge on any atom is -1.00 e. The molecule has 0 amide bonds. The minimum atomic E-state index is -3.52. The number of methoxy groups -OCH3 is 2. The van der Waals surface area contributed by atoms with Gasteiger partial charge in [-0.2, -0.15) is 4.31 Å². The van der Waals surface area contributed by atoms with Crippen LogP contribution < -0.4 is 26.5 Å². The number of thiazole rings is 1. The number of hydrogen-bond donors (Lipinski definition) is 0. The van der Waals surface area contributed by atoms with E-state index >= 15 is 0 Å². The van der Waals surface area contributed by atoms with Gasteiger partial charge in [0.15, 0.2) is 5.69 Å². The van der Waals surface area contributed by atoms with Crippen molar-refractivity contribution in [3.8, 4) is 22.8 Å². The van der Waals surface area contributed by atoms with E-state index in [4.69, 9.17) is 19.6 Å². The summed E-state index contributed by atoms with van der Waals surface area (Å²) in [5.74, 6) is 1.58. The van der Waals surface area contributed by atoms with Gasteiger partial charge in [-0.3, -0.25) is 0 Å². The lowest BCUT2D eigenvalue weighted by Crippen LogP contribution is -3.00. The molecule has 11 heteroatoms. The zero-order valence-electron chi connectivity index (χ0n) is 23.2. The number of hydrazone groups is 1. The van der Waals surface area contributed by atoms with Gasteiger partial charge in [0.25, 0.3) is 0 Å². The van der Waals surface area contributed by atoms with Gasteiger partial charge in [0.2, 0.25) is 10.0 Å². The van der Waals surface area contributed by atoms with Crippen molar-refractivity contribution >= 4 is 37.9 Å². The largest absolute Gasteiger partial charge is 1.00 e. The smallest absolute Gasteiger partial charge is 0.408 e. The second-order valence-electron chi connectivity index (χ2n) is 9.07. The molecule has 0 radical (unpaired) electrons. The number of nitrogens with zero attached hydrogens (tertiary/aromatic N) is 4. The van der Waals surface area contributed by atoms with Crippen LogP contribution in [0.4, 0.5) is 5.13 Å². The molecule has 0 spiro atoms. The van der Waals surface area contributed by atoms with E-state index in [-0.39, 0.29) is 21.9 Å². The quantitative estimate of drug-likeness (QED) is 0.246. The average molecular weight is 656 g/mol. The number of aromatic nitrogens is 1. The SMILES string of the molecule is CCN(CC)S(=O)(=O)c1ccc(-c2csc([N+]3=C(c4ccc(OC)cc4)CC(c4ccc(OC)cc4)=N3)n2)cc1.[Br-]. The number of halogens is 1. The van der Waals surface area contributed by atoms with Gasteiger partial charge < -0.3 is 26.5 Å². The molecule has 0 saturated heterocycles. The van der Waals surface area contributed by atoms with Gasteiger partial charge in [-0.15, -0.1) is 0 Å². The molecule has 0 unspecified atom stereocenters. The Bertz CT molecular complexity index is 1660. The Labute approximate surface area is 255 Å². The van der Waals surface area contributed by atoms with E-state index in [1.165, 1.54) is 15.6 Å². The first-order chi connectivity index (χ1) is 19.4. The maximum absolute atomic E-state index is 12.9. The summed E-state index contributed by atoms with van der Waals surface area (Å²) in [6.07, 6.45) is 0.630. The van der Waals surface area contributed by atoms with Gasteiger partial charge in [-0.25, -0.2) is 8.42 Å². The predicted octanol–water partition coefficient (Wildman–Crippen LogP) is 2.80. The highest BCUT2D eigenvalue weighted by Gasteiger charge is 2.30.